The molecule has 108 valence electrons. The molecule has 0 bridgehead atoms. The first kappa shape index (κ1) is 13.2. The molecule has 5 heteroatoms. The van der Waals surface area contributed by atoms with Crippen LogP contribution in [0.25, 0.3) is 32.7 Å². The molecular weight excluding hydrogens is 297 g/mol. The van der Waals surface area contributed by atoms with E-state index in [1.807, 2.05) is 24.6 Å². The zero-order chi connectivity index (χ0) is 15.1. The molecule has 2 heterocycles. The molecule has 0 amide bonds. The second kappa shape index (κ2) is 5.03. The Labute approximate surface area is 130 Å². The number of imidazole rings is 1. The number of aryl methyl sites for hydroxylation is 1. The summed E-state index contributed by atoms with van der Waals surface area (Å²) in [5, 5.41) is 0. The number of hydrogen-bond acceptors (Lipinski definition) is 3. The van der Waals surface area contributed by atoms with Crippen LogP contribution in [0.15, 0.2) is 48.0 Å². The Kier molecular flexibility index (Phi) is 3.01. The molecule has 0 unspecified atom stereocenters. The highest BCUT2D eigenvalue weighted by atomic mass is 32.1. The normalized spacial score (nSPS) is 11.2. The molecule has 4 rings (SSSR count). The zero-order valence-electron chi connectivity index (χ0n) is 11.8. The van der Waals surface area contributed by atoms with Crippen molar-refractivity contribution in [2.75, 3.05) is 0 Å². The topological polar surface area (TPSA) is 41.6 Å². The molecule has 1 N–H and O–H groups in total. The molecule has 4 aromatic rings. The Morgan fingerprint density at radius 2 is 1.82 bits per heavy atom. The van der Waals surface area contributed by atoms with Crippen LogP contribution in [0.5, 0.6) is 0 Å². The van der Waals surface area contributed by atoms with E-state index < -0.39 is 0 Å². The molecule has 0 saturated carbocycles. The lowest BCUT2D eigenvalue weighted by molar-refractivity contribution is 0.628. The quantitative estimate of drug-likeness (QED) is 0.578. The number of aromatic nitrogens is 3. The number of aromatic amines is 1. The molecule has 0 radical (unpaired) electrons. The number of fused-ring (bicyclic) bond motifs is 1. The predicted molar refractivity (Wildman–Crippen MR) is 87.3 cm³/mol. The van der Waals surface area contributed by atoms with Gasteiger partial charge >= 0.3 is 0 Å². The largest absolute Gasteiger partial charge is 0.342 e. The Balaban J connectivity index is 1.89. The van der Waals surface area contributed by atoms with E-state index in [9.17, 15) is 4.39 Å². The predicted octanol–water partition coefficient (Wildman–Crippen LogP) is 4.80. The van der Waals surface area contributed by atoms with Crippen LogP contribution in [-0.2, 0) is 0 Å². The number of nitrogens with one attached hydrogen (secondary N) is 1. The summed E-state index contributed by atoms with van der Waals surface area (Å²) in [6.45, 7) is 1.92. The Hall–Kier alpha value is -2.53. The van der Waals surface area contributed by atoms with E-state index in [0.717, 1.165) is 38.6 Å². The van der Waals surface area contributed by atoms with Crippen molar-refractivity contribution in [2.45, 2.75) is 6.92 Å². The maximum atomic E-state index is 13.1. The third-order valence-electron chi connectivity index (χ3n) is 3.56. The van der Waals surface area contributed by atoms with Gasteiger partial charge in [-0.15, -0.1) is 11.3 Å². The van der Waals surface area contributed by atoms with Gasteiger partial charge < -0.3 is 4.98 Å². The third-order valence-corrected chi connectivity index (χ3v) is 4.35. The van der Waals surface area contributed by atoms with Crippen LogP contribution < -0.4 is 0 Å². The summed E-state index contributed by atoms with van der Waals surface area (Å²) in [4.78, 5) is 12.2. The number of rotatable bonds is 2. The van der Waals surface area contributed by atoms with Gasteiger partial charge in [0.1, 0.15) is 11.6 Å². The van der Waals surface area contributed by atoms with Gasteiger partial charge in [-0.2, -0.15) is 0 Å². The van der Waals surface area contributed by atoms with Gasteiger partial charge in [0, 0.05) is 11.1 Å². The number of H-pyrrole nitrogens is 1. The van der Waals surface area contributed by atoms with E-state index in [-0.39, 0.29) is 5.82 Å². The summed E-state index contributed by atoms with van der Waals surface area (Å²) >= 11 is 1.61. The second-order valence-electron chi connectivity index (χ2n) is 5.09. The summed E-state index contributed by atoms with van der Waals surface area (Å²) < 4.78 is 14.3. The summed E-state index contributed by atoms with van der Waals surface area (Å²) in [6, 6.07) is 12.6. The number of halogens is 1. The molecule has 2 aromatic heterocycles. The lowest BCUT2D eigenvalue weighted by atomic mass is 10.0. The van der Waals surface area contributed by atoms with Gasteiger partial charge in [0.15, 0.2) is 0 Å². The lowest BCUT2D eigenvalue weighted by Gasteiger charge is -2.03. The van der Waals surface area contributed by atoms with Crippen LogP contribution >= 0.6 is 11.3 Å². The Morgan fingerprint density at radius 3 is 2.64 bits per heavy atom. The first-order valence-electron chi connectivity index (χ1n) is 6.87. The average molecular weight is 309 g/mol. The molecule has 0 aliphatic rings. The van der Waals surface area contributed by atoms with Crippen LogP contribution in [0.1, 0.15) is 5.82 Å². The smallest absolute Gasteiger partial charge is 0.123 e. The third kappa shape index (κ3) is 2.19. The summed E-state index contributed by atoms with van der Waals surface area (Å²) in [6.07, 6.45) is 0. The van der Waals surface area contributed by atoms with Gasteiger partial charge in [0.25, 0.3) is 0 Å². The molecule has 22 heavy (non-hydrogen) atoms. The highest BCUT2D eigenvalue weighted by molar-refractivity contribution is 7.16. The molecule has 0 fully saturated rings. The molecule has 3 nitrogen and oxygen atoms in total. The fraction of sp³-hybridized carbons (Fsp3) is 0.0588. The van der Waals surface area contributed by atoms with Gasteiger partial charge in [-0.3, -0.25) is 0 Å². The van der Waals surface area contributed by atoms with E-state index in [1.165, 1.54) is 12.1 Å². The van der Waals surface area contributed by atoms with Crippen LogP contribution in [0, 0.1) is 12.7 Å². The SMILES string of the molecule is Cc1nc(-c2ccc3ncsc3c2)c(-c2ccc(F)cc2)[nH]1. The minimum Gasteiger partial charge on any atom is -0.342 e. The summed E-state index contributed by atoms with van der Waals surface area (Å²) in [5.74, 6) is 0.589. The minimum atomic E-state index is -0.243. The fourth-order valence-corrected chi connectivity index (χ4v) is 3.24. The highest BCUT2D eigenvalue weighted by Gasteiger charge is 2.13. The number of thiazole rings is 1. The van der Waals surface area contributed by atoms with Crippen molar-refractivity contribution in [2.24, 2.45) is 0 Å². The summed E-state index contributed by atoms with van der Waals surface area (Å²) in [7, 11) is 0. The second-order valence-corrected chi connectivity index (χ2v) is 5.97. The van der Waals surface area contributed by atoms with Crippen molar-refractivity contribution in [3.8, 4) is 22.5 Å². The van der Waals surface area contributed by atoms with Crippen LogP contribution in [0.4, 0.5) is 4.39 Å². The van der Waals surface area contributed by atoms with Crippen LogP contribution in [0.2, 0.25) is 0 Å². The molecular formula is C17H12FN3S. The van der Waals surface area contributed by atoms with Gasteiger partial charge in [-0.05, 0) is 43.3 Å². The Morgan fingerprint density at radius 1 is 1.05 bits per heavy atom. The van der Waals surface area contributed by atoms with E-state index >= 15 is 0 Å². The monoisotopic (exact) mass is 309 g/mol. The van der Waals surface area contributed by atoms with Crippen molar-refractivity contribution in [1.82, 2.24) is 15.0 Å². The van der Waals surface area contributed by atoms with Crippen molar-refractivity contribution >= 4 is 21.6 Å². The van der Waals surface area contributed by atoms with Crippen molar-refractivity contribution in [3.63, 3.8) is 0 Å². The zero-order valence-corrected chi connectivity index (χ0v) is 12.6. The molecule has 0 atom stereocenters. The van der Waals surface area contributed by atoms with Crippen LogP contribution in [-0.4, -0.2) is 15.0 Å². The molecule has 0 spiro atoms. The van der Waals surface area contributed by atoms with Gasteiger partial charge in [-0.1, -0.05) is 6.07 Å². The van der Waals surface area contributed by atoms with Crippen molar-refractivity contribution in [1.29, 1.82) is 0 Å². The van der Waals surface area contributed by atoms with Gasteiger partial charge in [0.2, 0.25) is 0 Å². The number of nitrogens with zero attached hydrogens (tertiary/aromatic N) is 2. The molecule has 0 aliphatic carbocycles. The van der Waals surface area contributed by atoms with E-state index in [2.05, 4.69) is 21.0 Å². The standard InChI is InChI=1S/C17H12FN3S/c1-10-20-16(11-2-5-13(18)6-3-11)17(21-10)12-4-7-14-15(8-12)22-9-19-14/h2-9H,1H3,(H,20,21). The van der Waals surface area contributed by atoms with E-state index in [0.29, 0.717) is 0 Å². The van der Waals surface area contributed by atoms with Crippen LogP contribution in [0.3, 0.4) is 0 Å². The summed E-state index contributed by atoms with van der Waals surface area (Å²) in [5.41, 5.74) is 6.55. The molecule has 2 aromatic carbocycles. The van der Waals surface area contributed by atoms with Gasteiger partial charge in [0.05, 0.1) is 27.1 Å². The first-order chi connectivity index (χ1) is 10.7. The maximum Gasteiger partial charge on any atom is 0.123 e. The highest BCUT2D eigenvalue weighted by Crippen LogP contribution is 2.32. The number of hydrogen-bond donors (Lipinski definition) is 1. The first-order valence-corrected chi connectivity index (χ1v) is 7.75. The number of benzene rings is 2. The van der Waals surface area contributed by atoms with Gasteiger partial charge in [-0.25, -0.2) is 14.4 Å². The maximum absolute atomic E-state index is 13.1. The fourth-order valence-electron chi connectivity index (χ4n) is 2.53. The van der Waals surface area contributed by atoms with Crippen molar-refractivity contribution < 1.29 is 4.39 Å². The minimum absolute atomic E-state index is 0.243. The average Bonchev–Trinajstić information content (AvgIpc) is 3.13. The Bertz CT molecular complexity index is 954. The van der Waals surface area contributed by atoms with Crippen molar-refractivity contribution in [3.05, 3.63) is 59.6 Å². The van der Waals surface area contributed by atoms with E-state index in [4.69, 9.17) is 0 Å². The lowest BCUT2D eigenvalue weighted by Crippen LogP contribution is -1.84. The molecule has 0 saturated heterocycles. The molecule has 0 aliphatic heterocycles. The van der Waals surface area contributed by atoms with E-state index in [1.54, 1.807) is 23.5 Å².